The molecule has 0 saturated heterocycles. The predicted molar refractivity (Wildman–Crippen MR) is 224 cm³/mol. The van der Waals surface area contributed by atoms with Gasteiger partial charge in [-0.15, -0.1) is 24.3 Å². The fraction of sp³-hybridized carbons (Fsp3) is 0.283. The summed E-state index contributed by atoms with van der Waals surface area (Å²) in [6.07, 6.45) is 9.65. The van der Waals surface area contributed by atoms with Crippen molar-refractivity contribution >= 4 is 49.4 Å². The summed E-state index contributed by atoms with van der Waals surface area (Å²) >= 11 is 6.95. The van der Waals surface area contributed by atoms with Gasteiger partial charge in [0.2, 0.25) is 0 Å². The second-order valence-electron chi connectivity index (χ2n) is 14.9. The number of para-hydroxylation sites is 2. The molecule has 4 fully saturated rings. The van der Waals surface area contributed by atoms with Crippen LogP contribution in [0.4, 0.5) is 11.4 Å². The van der Waals surface area contributed by atoms with Crippen LogP contribution in [0.5, 0.6) is 11.5 Å². The fourth-order valence-electron chi connectivity index (χ4n) is 8.82. The number of hydrogen-bond donors (Lipinski definition) is 2. The van der Waals surface area contributed by atoms with Crippen LogP contribution in [-0.2, 0) is 33.7 Å². The number of hydrogen-bond acceptors (Lipinski definition) is 4. The Hall–Kier alpha value is -3.42. The summed E-state index contributed by atoms with van der Waals surface area (Å²) in [5.74, 6) is 3.13. The Balaban J connectivity index is 0.000000301. The van der Waals surface area contributed by atoms with E-state index in [1.165, 1.54) is 44.1 Å². The van der Waals surface area contributed by atoms with Gasteiger partial charge in [-0.2, -0.15) is 49.2 Å². The molecule has 53 heavy (non-hydrogen) atoms. The van der Waals surface area contributed by atoms with Crippen molar-refractivity contribution < 1.29 is 31.9 Å². The van der Waals surface area contributed by atoms with Gasteiger partial charge < -0.3 is 15.1 Å². The van der Waals surface area contributed by atoms with Crippen molar-refractivity contribution in [3.05, 3.63) is 165 Å². The van der Waals surface area contributed by atoms with Gasteiger partial charge in [0, 0.05) is 62.7 Å². The van der Waals surface area contributed by atoms with Crippen molar-refractivity contribution in [3.63, 3.8) is 0 Å². The first-order valence-corrected chi connectivity index (χ1v) is 19.7. The van der Waals surface area contributed by atoms with Crippen LogP contribution in [0.15, 0.2) is 123 Å². The summed E-state index contributed by atoms with van der Waals surface area (Å²) in [5.41, 5.74) is 7.98. The Morgan fingerprint density at radius 2 is 1.28 bits per heavy atom. The topological polar surface area (TPSA) is 56.1 Å². The molecular weight excluding hydrogens is 820 g/mol. The zero-order valence-electron chi connectivity index (χ0n) is 30.6. The van der Waals surface area contributed by atoms with Crippen LogP contribution in [0, 0.1) is 38.5 Å². The Morgan fingerprint density at radius 3 is 1.81 bits per heavy atom. The van der Waals surface area contributed by atoms with Crippen molar-refractivity contribution in [1.82, 2.24) is 0 Å². The third-order valence-corrected chi connectivity index (χ3v) is 11.8. The third kappa shape index (κ3) is 10.2. The summed E-state index contributed by atoms with van der Waals surface area (Å²) in [6.45, 7) is 10.1. The van der Waals surface area contributed by atoms with Crippen molar-refractivity contribution in [2.45, 2.75) is 57.4 Å². The maximum absolute atomic E-state index is 11.6. The quantitative estimate of drug-likeness (QED) is 0.102. The predicted octanol–water partition coefficient (Wildman–Crippen LogP) is 12.5. The largest absolute Gasteiger partial charge is 0.507 e. The number of halogens is 2. The molecule has 0 aliphatic heterocycles. The van der Waals surface area contributed by atoms with Crippen molar-refractivity contribution in [2.75, 3.05) is 11.9 Å². The van der Waals surface area contributed by atoms with Crippen LogP contribution in [0.3, 0.4) is 0 Å². The van der Waals surface area contributed by atoms with Gasteiger partial charge in [0.1, 0.15) is 11.5 Å². The minimum atomic E-state index is 0. The molecule has 7 heteroatoms. The van der Waals surface area contributed by atoms with Gasteiger partial charge in [0.25, 0.3) is 0 Å². The number of nitrogens with zero attached hydrogens (tertiary/aromatic N) is 2. The van der Waals surface area contributed by atoms with Crippen LogP contribution >= 0.6 is 31.9 Å². The normalized spacial score (nSPS) is 20.8. The number of aromatic hydroxyl groups is 2. The molecule has 4 saturated carbocycles. The van der Waals surface area contributed by atoms with E-state index in [2.05, 4.69) is 63.6 Å². The van der Waals surface area contributed by atoms with E-state index < -0.39 is 0 Å². The molecule has 0 spiro atoms. The van der Waals surface area contributed by atoms with Gasteiger partial charge in [0.15, 0.2) is 0 Å². The number of phenolic OH excluding ortho intramolecular Hbond substituents is 2. The van der Waals surface area contributed by atoms with Crippen molar-refractivity contribution in [1.29, 1.82) is 0 Å². The molecule has 0 unspecified atom stereocenters. The van der Waals surface area contributed by atoms with Crippen LogP contribution < -0.4 is 4.90 Å². The molecule has 0 heterocycles. The molecule has 0 radical (unpaired) electrons. The molecule has 0 atom stereocenters. The molecule has 5 aromatic rings. The van der Waals surface area contributed by atoms with Gasteiger partial charge >= 0.3 is 0 Å². The van der Waals surface area contributed by atoms with Crippen molar-refractivity contribution in [3.8, 4) is 11.5 Å². The summed E-state index contributed by atoms with van der Waals surface area (Å²) < 4.78 is 1.56. The van der Waals surface area contributed by atoms with E-state index in [9.17, 15) is 10.2 Å². The second kappa shape index (κ2) is 18.3. The first-order chi connectivity index (χ1) is 25.0. The minimum absolute atomic E-state index is 0. The molecule has 4 bridgehead atoms. The second-order valence-corrected chi connectivity index (χ2v) is 16.7. The standard InChI is InChI=1S/C32H34Br2N2O2.2C7H7.Ti/c1-19-7-23(30(37)26(8-19)32-14-20-9-21(15-32)11-22(10-20)16-32)17-35-28-5-3-4-6-29(28)36(2)18-24-12-25(33)13-27(34)31(24)38;2*1-7-5-3-2-4-6-7;/h3-8,12-13,17,20-22,37-38H,9-11,14-16,18H2,1-2H3;2*2-6H,1H2;/q;2*-1;. The SMILES string of the molecule is Cc1cc(C=Nc2ccccc2N(C)Cc2cc(Br)cc(Br)c2O)c(O)c(C23CC4CC(CC(C4)C2)C3)c1.[CH2-]c1ccccc1.[CH2-]c1ccccc1.[Ti]. The number of aliphatic imine (C=N–C) groups is 1. The van der Waals surface area contributed by atoms with Crippen LogP contribution in [0.2, 0.25) is 0 Å². The van der Waals surface area contributed by atoms with Gasteiger partial charge in [-0.1, -0.05) is 46.3 Å². The monoisotopic (exact) mass is 866 g/mol. The summed E-state index contributed by atoms with van der Waals surface area (Å²) in [5, 5.41) is 22.1. The van der Waals surface area contributed by atoms with Gasteiger partial charge in [-0.3, -0.25) is 4.99 Å². The number of anilines is 1. The number of benzene rings is 5. The Bertz CT molecular complexity index is 1930. The molecule has 0 aromatic heterocycles. The molecule has 274 valence electrons. The number of rotatable bonds is 6. The first kappa shape index (κ1) is 40.8. The van der Waals surface area contributed by atoms with E-state index in [0.717, 1.165) is 61.4 Å². The molecule has 4 nitrogen and oxygen atoms in total. The molecular formula is C46H48Br2N2O2Ti-2. The number of aryl methyl sites for hydroxylation is 1. The van der Waals surface area contributed by atoms with Crippen LogP contribution in [0.25, 0.3) is 0 Å². The van der Waals surface area contributed by atoms with E-state index in [1.54, 1.807) is 0 Å². The van der Waals surface area contributed by atoms with Crippen LogP contribution in [0.1, 0.15) is 71.9 Å². The Labute approximate surface area is 347 Å². The van der Waals surface area contributed by atoms with E-state index >= 15 is 0 Å². The van der Waals surface area contributed by atoms with E-state index in [-0.39, 0.29) is 32.9 Å². The fourth-order valence-corrected chi connectivity index (χ4v) is 10.1. The van der Waals surface area contributed by atoms with E-state index in [1.807, 2.05) is 116 Å². The maximum atomic E-state index is 11.6. The van der Waals surface area contributed by atoms with E-state index in [0.29, 0.717) is 16.8 Å². The molecule has 9 rings (SSSR count). The third-order valence-electron chi connectivity index (χ3n) is 10.7. The average molecular weight is 869 g/mol. The smallest absolute Gasteiger partial charge is 0.134 e. The van der Waals surface area contributed by atoms with Gasteiger partial charge in [0.05, 0.1) is 15.8 Å². The average Bonchev–Trinajstić information content (AvgIpc) is 3.11. The first-order valence-electron chi connectivity index (χ1n) is 18.1. The maximum Gasteiger partial charge on any atom is 0.134 e. The molecule has 2 N–H and O–H groups in total. The molecule has 4 aliphatic carbocycles. The molecule has 0 amide bonds. The minimum Gasteiger partial charge on any atom is -0.507 e. The summed E-state index contributed by atoms with van der Waals surface area (Å²) in [4.78, 5) is 6.96. The van der Waals surface area contributed by atoms with Crippen LogP contribution in [-0.4, -0.2) is 23.5 Å². The van der Waals surface area contributed by atoms with Gasteiger partial charge in [-0.25, -0.2) is 0 Å². The summed E-state index contributed by atoms with van der Waals surface area (Å²) in [6, 6.07) is 35.8. The Kier molecular flexibility index (Phi) is 14.1. The molecule has 5 aromatic carbocycles. The Morgan fingerprint density at radius 1 is 0.755 bits per heavy atom. The van der Waals surface area contributed by atoms with E-state index in [4.69, 9.17) is 4.99 Å². The van der Waals surface area contributed by atoms with Crippen molar-refractivity contribution in [2.24, 2.45) is 22.7 Å². The number of phenols is 2. The molecule has 4 aliphatic rings. The van der Waals surface area contributed by atoms with Gasteiger partial charge in [-0.05, 0) is 120 Å². The zero-order valence-corrected chi connectivity index (χ0v) is 35.3. The summed E-state index contributed by atoms with van der Waals surface area (Å²) in [7, 11) is 2.00. The zero-order chi connectivity index (χ0) is 36.8.